The summed E-state index contributed by atoms with van der Waals surface area (Å²) in [5.41, 5.74) is 0.704. The zero-order valence-corrected chi connectivity index (χ0v) is 12.8. The Balaban J connectivity index is 2.05. The summed E-state index contributed by atoms with van der Waals surface area (Å²) in [4.78, 5) is 11.4. The summed E-state index contributed by atoms with van der Waals surface area (Å²) < 4.78 is 27.1. The molecule has 110 valence electrons. The highest BCUT2D eigenvalue weighted by molar-refractivity contribution is 7.89. The molecule has 1 fully saturated rings. The molecule has 1 aromatic rings. The Kier molecular flexibility index (Phi) is 4.30. The van der Waals surface area contributed by atoms with Gasteiger partial charge in [0.1, 0.15) is 0 Å². The molecule has 20 heavy (non-hydrogen) atoms. The van der Waals surface area contributed by atoms with Crippen molar-refractivity contribution < 1.29 is 13.2 Å². The molecule has 0 heterocycles. The summed E-state index contributed by atoms with van der Waals surface area (Å²) in [6.07, 6.45) is 4.35. The highest BCUT2D eigenvalue weighted by Gasteiger charge is 2.42. The minimum Gasteiger partial charge on any atom is -0.295 e. The van der Waals surface area contributed by atoms with Crippen LogP contribution in [0.3, 0.4) is 0 Å². The van der Waals surface area contributed by atoms with Gasteiger partial charge < -0.3 is 0 Å². The third-order valence-corrected chi connectivity index (χ3v) is 5.36. The van der Waals surface area contributed by atoms with Gasteiger partial charge in [0.25, 0.3) is 0 Å². The second-order valence-electron chi connectivity index (χ2n) is 5.66. The largest absolute Gasteiger partial charge is 0.295 e. The van der Waals surface area contributed by atoms with Gasteiger partial charge in [0.2, 0.25) is 10.0 Å². The second kappa shape index (κ2) is 5.66. The van der Waals surface area contributed by atoms with Gasteiger partial charge >= 0.3 is 0 Å². The lowest BCUT2D eigenvalue weighted by atomic mass is 10.0. The van der Waals surface area contributed by atoms with Crippen LogP contribution in [0.1, 0.15) is 49.9 Å². The van der Waals surface area contributed by atoms with Crippen LogP contribution in [0.5, 0.6) is 0 Å². The maximum atomic E-state index is 12.2. The van der Waals surface area contributed by atoms with Gasteiger partial charge in [-0.2, -0.15) is 0 Å². The van der Waals surface area contributed by atoms with Crippen molar-refractivity contribution in [3.63, 3.8) is 0 Å². The Labute approximate surface area is 120 Å². The van der Waals surface area contributed by atoms with Crippen molar-refractivity contribution in [2.75, 3.05) is 6.54 Å². The lowest BCUT2D eigenvalue weighted by Crippen LogP contribution is -2.30. The van der Waals surface area contributed by atoms with Gasteiger partial charge in [-0.3, -0.25) is 4.79 Å². The normalized spacial score (nSPS) is 16.9. The van der Waals surface area contributed by atoms with E-state index in [2.05, 4.69) is 11.6 Å². The fourth-order valence-electron chi connectivity index (χ4n) is 2.42. The predicted molar refractivity (Wildman–Crippen MR) is 78.2 cm³/mol. The number of sulfonamides is 1. The first-order valence-electron chi connectivity index (χ1n) is 6.99. The summed E-state index contributed by atoms with van der Waals surface area (Å²) >= 11 is 0. The molecule has 0 saturated heterocycles. The number of Topliss-reactive ketones (excluding diaryl/α,β-unsaturated/α-hetero) is 1. The van der Waals surface area contributed by atoms with Crippen LogP contribution >= 0.6 is 0 Å². The molecular weight excluding hydrogens is 274 g/mol. The SMILES string of the molecule is CCCC1(CNS(=O)(=O)c2ccc(C(C)=O)cc2)CC1. The molecule has 4 nitrogen and oxygen atoms in total. The van der Waals surface area contributed by atoms with Crippen LogP contribution in [-0.2, 0) is 10.0 Å². The van der Waals surface area contributed by atoms with Crippen LogP contribution in [0.25, 0.3) is 0 Å². The summed E-state index contributed by atoms with van der Waals surface area (Å²) in [5, 5.41) is 0. The van der Waals surface area contributed by atoms with E-state index in [0.717, 1.165) is 25.7 Å². The van der Waals surface area contributed by atoms with Crippen molar-refractivity contribution in [1.82, 2.24) is 4.72 Å². The fraction of sp³-hybridized carbons (Fsp3) is 0.533. The lowest BCUT2D eigenvalue weighted by molar-refractivity contribution is 0.101. The van der Waals surface area contributed by atoms with Crippen molar-refractivity contribution in [2.45, 2.75) is 44.4 Å². The van der Waals surface area contributed by atoms with Crippen LogP contribution in [0.4, 0.5) is 0 Å². The quantitative estimate of drug-likeness (QED) is 0.787. The van der Waals surface area contributed by atoms with E-state index < -0.39 is 10.0 Å². The number of ketones is 1. The van der Waals surface area contributed by atoms with Gasteiger partial charge in [-0.15, -0.1) is 0 Å². The highest BCUT2D eigenvalue weighted by atomic mass is 32.2. The molecule has 5 heteroatoms. The van der Waals surface area contributed by atoms with E-state index in [-0.39, 0.29) is 16.1 Å². The Morgan fingerprint density at radius 3 is 2.30 bits per heavy atom. The third kappa shape index (κ3) is 3.46. The van der Waals surface area contributed by atoms with Gasteiger partial charge in [-0.1, -0.05) is 25.5 Å². The number of carbonyl (C=O) groups is 1. The summed E-state index contributed by atoms with van der Waals surface area (Å²) in [5.74, 6) is -0.0678. The average molecular weight is 295 g/mol. The van der Waals surface area contributed by atoms with E-state index in [9.17, 15) is 13.2 Å². The van der Waals surface area contributed by atoms with E-state index in [1.807, 2.05) is 0 Å². The summed E-state index contributed by atoms with van der Waals surface area (Å²) in [6, 6.07) is 6.07. The smallest absolute Gasteiger partial charge is 0.240 e. The van der Waals surface area contributed by atoms with Crippen molar-refractivity contribution >= 4 is 15.8 Å². The minimum absolute atomic E-state index is 0.0678. The molecule has 1 saturated carbocycles. The van der Waals surface area contributed by atoms with Crippen molar-refractivity contribution in [1.29, 1.82) is 0 Å². The molecular formula is C15H21NO3S. The minimum atomic E-state index is -3.48. The van der Waals surface area contributed by atoms with Gasteiger partial charge in [0.05, 0.1) is 4.90 Å². The molecule has 1 aromatic carbocycles. The first-order chi connectivity index (χ1) is 9.38. The second-order valence-corrected chi connectivity index (χ2v) is 7.42. The van der Waals surface area contributed by atoms with Gasteiger partial charge in [-0.05, 0) is 43.7 Å². The number of rotatable bonds is 7. The molecule has 0 aliphatic heterocycles. The number of hydrogen-bond donors (Lipinski definition) is 1. The van der Waals surface area contributed by atoms with Crippen molar-refractivity contribution in [3.8, 4) is 0 Å². The maximum absolute atomic E-state index is 12.2. The zero-order chi connectivity index (χ0) is 14.8. The number of benzene rings is 1. The zero-order valence-electron chi connectivity index (χ0n) is 12.0. The van der Waals surface area contributed by atoms with Gasteiger partial charge in [0, 0.05) is 12.1 Å². The monoisotopic (exact) mass is 295 g/mol. The third-order valence-electron chi connectivity index (χ3n) is 3.95. The molecule has 0 bridgehead atoms. The molecule has 1 N–H and O–H groups in total. The van der Waals surface area contributed by atoms with Gasteiger partial charge in [0.15, 0.2) is 5.78 Å². The van der Waals surface area contributed by atoms with E-state index >= 15 is 0 Å². The molecule has 2 rings (SSSR count). The molecule has 0 unspecified atom stereocenters. The molecule has 0 aromatic heterocycles. The first-order valence-corrected chi connectivity index (χ1v) is 8.48. The standard InChI is InChI=1S/C15H21NO3S/c1-3-8-15(9-10-15)11-16-20(18,19)14-6-4-13(5-7-14)12(2)17/h4-7,16H,3,8-11H2,1-2H3. The molecule has 0 radical (unpaired) electrons. The summed E-state index contributed by atoms with van der Waals surface area (Å²) in [6.45, 7) is 4.09. The Bertz CT molecular complexity index is 586. The topological polar surface area (TPSA) is 63.2 Å². The van der Waals surface area contributed by atoms with Gasteiger partial charge in [-0.25, -0.2) is 13.1 Å². The van der Waals surface area contributed by atoms with Crippen LogP contribution in [0.2, 0.25) is 0 Å². The average Bonchev–Trinajstić information content (AvgIpc) is 3.18. The predicted octanol–water partition coefficient (Wildman–Crippen LogP) is 2.75. The van der Waals surface area contributed by atoms with Crippen molar-refractivity contribution in [2.24, 2.45) is 5.41 Å². The molecule has 0 spiro atoms. The number of nitrogens with one attached hydrogen (secondary N) is 1. The molecule has 1 aliphatic carbocycles. The molecule has 1 aliphatic rings. The Hall–Kier alpha value is -1.20. The van der Waals surface area contributed by atoms with Crippen molar-refractivity contribution in [3.05, 3.63) is 29.8 Å². The van der Waals surface area contributed by atoms with E-state index in [0.29, 0.717) is 12.1 Å². The van der Waals surface area contributed by atoms with Crippen LogP contribution in [0, 0.1) is 5.41 Å². The van der Waals surface area contributed by atoms with E-state index in [4.69, 9.17) is 0 Å². The number of carbonyl (C=O) groups excluding carboxylic acids is 1. The Morgan fingerprint density at radius 2 is 1.85 bits per heavy atom. The van der Waals surface area contributed by atoms with Crippen LogP contribution < -0.4 is 4.72 Å². The summed E-state index contributed by atoms with van der Waals surface area (Å²) in [7, 11) is -3.48. The fourth-order valence-corrected chi connectivity index (χ4v) is 3.58. The molecule has 0 atom stereocenters. The first kappa shape index (κ1) is 15.2. The maximum Gasteiger partial charge on any atom is 0.240 e. The lowest BCUT2D eigenvalue weighted by Gasteiger charge is -2.15. The van der Waals surface area contributed by atoms with E-state index in [1.165, 1.54) is 19.1 Å². The Morgan fingerprint density at radius 1 is 1.25 bits per heavy atom. The van der Waals surface area contributed by atoms with Crippen LogP contribution in [0.15, 0.2) is 29.2 Å². The van der Waals surface area contributed by atoms with Crippen LogP contribution in [-0.4, -0.2) is 20.7 Å². The molecule has 0 amide bonds. The number of hydrogen-bond acceptors (Lipinski definition) is 3. The van der Waals surface area contributed by atoms with E-state index in [1.54, 1.807) is 12.1 Å². The highest BCUT2D eigenvalue weighted by Crippen LogP contribution is 2.49.